The Labute approximate surface area is 101 Å². The first-order valence-electron chi connectivity index (χ1n) is 5.41. The van der Waals surface area contributed by atoms with E-state index in [0.717, 1.165) is 13.0 Å². The first kappa shape index (κ1) is 11.6. The minimum Gasteiger partial charge on any atom is -0.493 e. The van der Waals surface area contributed by atoms with Gasteiger partial charge in [0.2, 0.25) is 0 Å². The van der Waals surface area contributed by atoms with Gasteiger partial charge in [0.15, 0.2) is 11.5 Å². The lowest BCUT2D eigenvalue weighted by Crippen LogP contribution is -2.13. The van der Waals surface area contributed by atoms with E-state index in [1.165, 1.54) is 12.0 Å². The fourth-order valence-corrected chi connectivity index (χ4v) is 2.40. The molecule has 0 bridgehead atoms. The second-order valence-corrected chi connectivity index (χ2v) is 4.29. The largest absolute Gasteiger partial charge is 0.493 e. The van der Waals surface area contributed by atoms with E-state index in [1.54, 1.807) is 14.2 Å². The molecule has 1 saturated heterocycles. The molecule has 0 unspecified atom stereocenters. The number of ether oxygens (including phenoxy) is 2. The standard InChI is InChI=1S/C12H16ClNO2/c1-15-11-7-8(10-4-3-5-14-10)6-9(13)12(11)16-2/h6-7,10,14H,3-5H2,1-2H3/t10-/m1/s1. The normalized spacial score (nSPS) is 19.8. The Morgan fingerprint density at radius 3 is 2.69 bits per heavy atom. The van der Waals surface area contributed by atoms with Gasteiger partial charge in [-0.2, -0.15) is 0 Å². The van der Waals surface area contributed by atoms with E-state index in [1.807, 2.05) is 12.1 Å². The summed E-state index contributed by atoms with van der Waals surface area (Å²) >= 11 is 6.16. The highest BCUT2D eigenvalue weighted by Gasteiger charge is 2.19. The van der Waals surface area contributed by atoms with Gasteiger partial charge in [-0.3, -0.25) is 0 Å². The Morgan fingerprint density at radius 2 is 2.12 bits per heavy atom. The molecule has 1 aliphatic heterocycles. The van der Waals surface area contributed by atoms with Gasteiger partial charge in [-0.15, -0.1) is 0 Å². The van der Waals surface area contributed by atoms with Gasteiger partial charge in [-0.1, -0.05) is 11.6 Å². The van der Waals surface area contributed by atoms with Crippen molar-refractivity contribution in [2.24, 2.45) is 0 Å². The summed E-state index contributed by atoms with van der Waals surface area (Å²) in [6, 6.07) is 4.33. The monoisotopic (exact) mass is 241 g/mol. The minimum absolute atomic E-state index is 0.386. The molecule has 0 spiro atoms. The van der Waals surface area contributed by atoms with Crippen LogP contribution in [0.2, 0.25) is 5.02 Å². The first-order valence-corrected chi connectivity index (χ1v) is 5.79. The summed E-state index contributed by atoms with van der Waals surface area (Å²) in [6.45, 7) is 1.07. The molecule has 16 heavy (non-hydrogen) atoms. The molecule has 0 radical (unpaired) electrons. The van der Waals surface area contributed by atoms with Gasteiger partial charge in [0, 0.05) is 6.04 Å². The molecule has 1 fully saturated rings. The molecule has 0 saturated carbocycles. The summed E-state index contributed by atoms with van der Waals surface area (Å²) < 4.78 is 10.5. The molecule has 4 heteroatoms. The van der Waals surface area contributed by atoms with E-state index >= 15 is 0 Å². The van der Waals surface area contributed by atoms with Crippen LogP contribution in [0.25, 0.3) is 0 Å². The highest BCUT2D eigenvalue weighted by molar-refractivity contribution is 6.32. The van der Waals surface area contributed by atoms with Gasteiger partial charge in [-0.05, 0) is 37.1 Å². The lowest BCUT2D eigenvalue weighted by molar-refractivity contribution is 0.354. The Bertz CT molecular complexity index is 376. The summed E-state index contributed by atoms with van der Waals surface area (Å²) in [5.41, 5.74) is 1.17. The van der Waals surface area contributed by atoms with Crippen LogP contribution in [0.1, 0.15) is 24.4 Å². The second kappa shape index (κ2) is 4.93. The number of hydrogen-bond acceptors (Lipinski definition) is 3. The van der Waals surface area contributed by atoms with E-state index < -0.39 is 0 Å². The van der Waals surface area contributed by atoms with E-state index in [-0.39, 0.29) is 0 Å². The third kappa shape index (κ3) is 2.11. The molecular weight excluding hydrogens is 226 g/mol. The van der Waals surface area contributed by atoms with Crippen molar-refractivity contribution < 1.29 is 9.47 Å². The summed E-state index contributed by atoms with van der Waals surface area (Å²) in [7, 11) is 3.22. The number of halogens is 1. The zero-order valence-corrected chi connectivity index (χ0v) is 10.3. The lowest BCUT2D eigenvalue weighted by atomic mass is 10.0. The SMILES string of the molecule is COc1cc([C@H]2CCCN2)cc(Cl)c1OC. The molecule has 1 aromatic carbocycles. The van der Waals surface area contributed by atoms with Crippen LogP contribution in [0.15, 0.2) is 12.1 Å². The van der Waals surface area contributed by atoms with E-state index in [2.05, 4.69) is 5.32 Å². The van der Waals surface area contributed by atoms with Crippen molar-refractivity contribution in [3.63, 3.8) is 0 Å². The third-order valence-corrected chi connectivity index (χ3v) is 3.20. The average molecular weight is 242 g/mol. The third-order valence-electron chi connectivity index (χ3n) is 2.92. The fourth-order valence-electron chi connectivity index (χ4n) is 2.11. The summed E-state index contributed by atoms with van der Waals surface area (Å²) in [4.78, 5) is 0. The van der Waals surface area contributed by atoms with Gasteiger partial charge < -0.3 is 14.8 Å². The summed E-state index contributed by atoms with van der Waals surface area (Å²) in [6.07, 6.45) is 2.35. The highest BCUT2D eigenvalue weighted by Crippen LogP contribution is 2.38. The number of hydrogen-bond donors (Lipinski definition) is 1. The molecule has 0 aliphatic carbocycles. The van der Waals surface area contributed by atoms with Gasteiger partial charge >= 0.3 is 0 Å². The maximum Gasteiger partial charge on any atom is 0.179 e. The summed E-state index contributed by atoms with van der Waals surface area (Å²) in [5, 5.41) is 4.04. The number of methoxy groups -OCH3 is 2. The van der Waals surface area contributed by atoms with E-state index in [4.69, 9.17) is 21.1 Å². The van der Waals surface area contributed by atoms with Crippen LogP contribution in [0, 0.1) is 0 Å². The molecule has 88 valence electrons. The molecular formula is C12H16ClNO2. The van der Waals surface area contributed by atoms with E-state index in [0.29, 0.717) is 22.6 Å². The topological polar surface area (TPSA) is 30.5 Å². The smallest absolute Gasteiger partial charge is 0.179 e. The predicted molar refractivity (Wildman–Crippen MR) is 64.5 cm³/mol. The Hall–Kier alpha value is -0.930. The van der Waals surface area contributed by atoms with Gasteiger partial charge in [0.1, 0.15) is 0 Å². The van der Waals surface area contributed by atoms with Gasteiger partial charge in [0.25, 0.3) is 0 Å². The van der Waals surface area contributed by atoms with Crippen LogP contribution in [0.5, 0.6) is 11.5 Å². The van der Waals surface area contributed by atoms with Crippen LogP contribution in [-0.2, 0) is 0 Å². The van der Waals surface area contributed by atoms with Crippen LogP contribution in [-0.4, -0.2) is 20.8 Å². The molecule has 2 rings (SSSR count). The zero-order chi connectivity index (χ0) is 11.5. The maximum atomic E-state index is 6.16. The van der Waals surface area contributed by atoms with Gasteiger partial charge in [-0.25, -0.2) is 0 Å². The number of benzene rings is 1. The van der Waals surface area contributed by atoms with Crippen LogP contribution >= 0.6 is 11.6 Å². The van der Waals surface area contributed by atoms with Crippen molar-refractivity contribution in [2.45, 2.75) is 18.9 Å². The molecule has 1 atom stereocenters. The number of nitrogens with one attached hydrogen (secondary N) is 1. The van der Waals surface area contributed by atoms with E-state index in [9.17, 15) is 0 Å². The maximum absolute atomic E-state index is 6.16. The Kier molecular flexibility index (Phi) is 3.56. The van der Waals surface area contributed by atoms with Crippen LogP contribution in [0.3, 0.4) is 0 Å². The van der Waals surface area contributed by atoms with Crippen molar-refractivity contribution in [3.8, 4) is 11.5 Å². The predicted octanol–water partition coefficient (Wildman–Crippen LogP) is 2.78. The first-order chi connectivity index (χ1) is 7.76. The van der Waals surface area contributed by atoms with Crippen molar-refractivity contribution in [3.05, 3.63) is 22.7 Å². The molecule has 1 aliphatic rings. The number of rotatable bonds is 3. The van der Waals surface area contributed by atoms with Crippen molar-refractivity contribution >= 4 is 11.6 Å². The Morgan fingerprint density at radius 1 is 1.31 bits per heavy atom. The highest BCUT2D eigenvalue weighted by atomic mass is 35.5. The molecule has 3 nitrogen and oxygen atoms in total. The molecule has 1 N–H and O–H groups in total. The average Bonchev–Trinajstić information content (AvgIpc) is 2.81. The van der Waals surface area contributed by atoms with Crippen molar-refractivity contribution in [1.29, 1.82) is 0 Å². The summed E-state index contributed by atoms with van der Waals surface area (Å²) in [5.74, 6) is 1.30. The molecule has 0 amide bonds. The van der Waals surface area contributed by atoms with Crippen molar-refractivity contribution in [1.82, 2.24) is 5.32 Å². The quantitative estimate of drug-likeness (QED) is 0.883. The Balaban J connectivity index is 2.36. The van der Waals surface area contributed by atoms with Crippen LogP contribution < -0.4 is 14.8 Å². The zero-order valence-electron chi connectivity index (χ0n) is 9.55. The van der Waals surface area contributed by atoms with Gasteiger partial charge in [0.05, 0.1) is 19.2 Å². The van der Waals surface area contributed by atoms with Crippen molar-refractivity contribution in [2.75, 3.05) is 20.8 Å². The fraction of sp³-hybridized carbons (Fsp3) is 0.500. The lowest BCUT2D eigenvalue weighted by Gasteiger charge is -2.15. The molecule has 1 aromatic rings. The molecule has 0 aromatic heterocycles. The van der Waals surface area contributed by atoms with Crippen LogP contribution in [0.4, 0.5) is 0 Å². The second-order valence-electron chi connectivity index (χ2n) is 3.89. The minimum atomic E-state index is 0.386. The molecule has 1 heterocycles.